The molecule has 0 unspecified atom stereocenters. The Kier molecular flexibility index (Phi) is 4.52. The topological polar surface area (TPSA) is 37.4 Å². The Morgan fingerprint density at radius 2 is 2.00 bits per heavy atom. The molecule has 0 radical (unpaired) electrons. The first-order chi connectivity index (χ1) is 8.41. The van der Waals surface area contributed by atoms with Crippen molar-refractivity contribution < 1.29 is 8.42 Å². The molecule has 0 saturated heterocycles. The highest BCUT2D eigenvalue weighted by Crippen LogP contribution is 2.31. The third-order valence-electron chi connectivity index (χ3n) is 3.32. The largest absolute Gasteiger partial charge is 0.243 e. The van der Waals surface area contributed by atoms with Crippen molar-refractivity contribution in [3.8, 4) is 0 Å². The maximum atomic E-state index is 12.4. The Bertz CT molecular complexity index is 541. The van der Waals surface area contributed by atoms with Gasteiger partial charge < -0.3 is 0 Å². The van der Waals surface area contributed by atoms with E-state index in [2.05, 4.69) is 31.9 Å². The number of hydrogen-bond donors (Lipinski definition) is 0. The molecule has 0 heterocycles. The van der Waals surface area contributed by atoms with E-state index in [9.17, 15) is 8.42 Å². The maximum absolute atomic E-state index is 12.4. The number of nitrogens with zero attached hydrogens (tertiary/aromatic N) is 1. The van der Waals surface area contributed by atoms with Crippen molar-refractivity contribution in [2.45, 2.75) is 24.2 Å². The summed E-state index contributed by atoms with van der Waals surface area (Å²) in [4.78, 5) is 0.326. The van der Waals surface area contributed by atoms with Crippen LogP contribution in [0.15, 0.2) is 32.0 Å². The van der Waals surface area contributed by atoms with E-state index in [1.54, 1.807) is 25.2 Å². The average molecular weight is 397 g/mol. The Balaban J connectivity index is 2.23. The van der Waals surface area contributed by atoms with Crippen LogP contribution < -0.4 is 0 Å². The summed E-state index contributed by atoms with van der Waals surface area (Å²) in [5.41, 5.74) is 0. The molecule has 0 aliphatic heterocycles. The highest BCUT2D eigenvalue weighted by Gasteiger charge is 2.28. The molecule has 1 aliphatic rings. The lowest BCUT2D eigenvalue weighted by Crippen LogP contribution is -2.34. The van der Waals surface area contributed by atoms with Crippen LogP contribution in [-0.2, 0) is 10.0 Å². The van der Waals surface area contributed by atoms with E-state index in [0.717, 1.165) is 17.3 Å². The van der Waals surface area contributed by atoms with Gasteiger partial charge in [-0.3, -0.25) is 0 Å². The third kappa shape index (κ3) is 2.98. The van der Waals surface area contributed by atoms with E-state index in [-0.39, 0.29) is 0 Å². The summed E-state index contributed by atoms with van der Waals surface area (Å²) in [6, 6.07) is 5.12. The molecular weight excluding hydrogens is 382 g/mol. The second-order valence-electron chi connectivity index (χ2n) is 4.66. The standard InChI is InChI=1S/C12H15Br2NO2S/c1-15(8-9-3-2-4-9)18(16,17)12-6-5-10(13)7-11(12)14/h5-7,9H,2-4,8H2,1H3. The van der Waals surface area contributed by atoms with Gasteiger partial charge in [0.05, 0.1) is 4.90 Å². The number of halogens is 2. The van der Waals surface area contributed by atoms with Crippen LogP contribution >= 0.6 is 31.9 Å². The summed E-state index contributed by atoms with van der Waals surface area (Å²) in [5, 5.41) is 0. The molecule has 18 heavy (non-hydrogen) atoms. The molecule has 1 aliphatic carbocycles. The Labute approximate surface area is 125 Å². The molecule has 0 aromatic heterocycles. The van der Waals surface area contributed by atoms with E-state index >= 15 is 0 Å². The molecule has 6 heteroatoms. The third-order valence-corrected chi connectivity index (χ3v) is 6.62. The molecule has 1 aromatic rings. The van der Waals surface area contributed by atoms with Gasteiger partial charge >= 0.3 is 0 Å². The lowest BCUT2D eigenvalue weighted by atomic mass is 9.86. The second-order valence-corrected chi connectivity index (χ2v) is 8.44. The first-order valence-corrected chi connectivity index (χ1v) is 8.85. The van der Waals surface area contributed by atoms with Crippen molar-refractivity contribution in [3.63, 3.8) is 0 Å². The Morgan fingerprint density at radius 1 is 1.33 bits per heavy atom. The molecule has 1 saturated carbocycles. The van der Waals surface area contributed by atoms with Gasteiger partial charge in [0.1, 0.15) is 0 Å². The molecule has 0 N–H and O–H groups in total. The summed E-state index contributed by atoms with van der Waals surface area (Å²) in [5.74, 6) is 0.527. The number of hydrogen-bond acceptors (Lipinski definition) is 2. The zero-order valence-electron chi connectivity index (χ0n) is 10.1. The number of benzene rings is 1. The fraction of sp³-hybridized carbons (Fsp3) is 0.500. The van der Waals surface area contributed by atoms with Gasteiger partial charge in [-0.05, 0) is 52.9 Å². The highest BCUT2D eigenvalue weighted by atomic mass is 79.9. The Morgan fingerprint density at radius 3 is 2.50 bits per heavy atom. The van der Waals surface area contributed by atoms with Gasteiger partial charge in [-0.15, -0.1) is 0 Å². The maximum Gasteiger partial charge on any atom is 0.243 e. The SMILES string of the molecule is CN(CC1CCC1)S(=O)(=O)c1ccc(Br)cc1Br. The summed E-state index contributed by atoms with van der Waals surface area (Å²) >= 11 is 6.63. The molecular formula is C12H15Br2NO2S. The van der Waals surface area contributed by atoms with Gasteiger partial charge in [-0.2, -0.15) is 0 Å². The quantitative estimate of drug-likeness (QED) is 0.779. The van der Waals surface area contributed by atoms with E-state index in [0.29, 0.717) is 21.8 Å². The van der Waals surface area contributed by atoms with Crippen molar-refractivity contribution in [2.75, 3.05) is 13.6 Å². The van der Waals surface area contributed by atoms with Crippen LogP contribution in [0.25, 0.3) is 0 Å². The molecule has 1 aromatic carbocycles. The molecule has 0 spiro atoms. The summed E-state index contributed by atoms with van der Waals surface area (Å²) in [6.07, 6.45) is 3.50. The summed E-state index contributed by atoms with van der Waals surface area (Å²) < 4.78 is 27.8. The van der Waals surface area contributed by atoms with Crippen LogP contribution in [0.4, 0.5) is 0 Å². The van der Waals surface area contributed by atoms with Gasteiger partial charge in [-0.25, -0.2) is 12.7 Å². The monoisotopic (exact) mass is 395 g/mol. The van der Waals surface area contributed by atoms with Crippen molar-refractivity contribution in [1.82, 2.24) is 4.31 Å². The smallest absolute Gasteiger partial charge is 0.207 e. The van der Waals surface area contributed by atoms with E-state index in [1.807, 2.05) is 0 Å². The van der Waals surface area contributed by atoms with E-state index in [1.165, 1.54) is 10.7 Å². The average Bonchev–Trinajstić information content (AvgIpc) is 2.22. The van der Waals surface area contributed by atoms with Gasteiger partial charge in [0.2, 0.25) is 10.0 Å². The molecule has 2 rings (SSSR count). The second kappa shape index (κ2) is 5.61. The van der Waals surface area contributed by atoms with Crippen LogP contribution in [0.3, 0.4) is 0 Å². The molecule has 0 bridgehead atoms. The Hall–Kier alpha value is 0.0900. The van der Waals surface area contributed by atoms with Gasteiger partial charge in [0, 0.05) is 22.5 Å². The molecule has 0 atom stereocenters. The molecule has 100 valence electrons. The van der Waals surface area contributed by atoms with Gasteiger partial charge in [0.15, 0.2) is 0 Å². The minimum Gasteiger partial charge on any atom is -0.207 e. The van der Waals surface area contributed by atoms with Gasteiger partial charge in [-0.1, -0.05) is 22.4 Å². The first kappa shape index (κ1) is 14.5. The van der Waals surface area contributed by atoms with Crippen molar-refractivity contribution >= 4 is 41.9 Å². The van der Waals surface area contributed by atoms with Gasteiger partial charge in [0.25, 0.3) is 0 Å². The highest BCUT2D eigenvalue weighted by molar-refractivity contribution is 9.11. The minimum atomic E-state index is -3.39. The van der Waals surface area contributed by atoms with Crippen LogP contribution in [0.2, 0.25) is 0 Å². The lowest BCUT2D eigenvalue weighted by molar-refractivity contribution is 0.263. The van der Waals surface area contributed by atoms with Crippen LogP contribution in [0, 0.1) is 5.92 Å². The van der Waals surface area contributed by atoms with Crippen LogP contribution in [0.1, 0.15) is 19.3 Å². The van der Waals surface area contributed by atoms with E-state index < -0.39 is 10.0 Å². The molecule has 0 amide bonds. The molecule has 3 nitrogen and oxygen atoms in total. The fourth-order valence-electron chi connectivity index (χ4n) is 1.99. The first-order valence-electron chi connectivity index (χ1n) is 5.82. The summed E-state index contributed by atoms with van der Waals surface area (Å²) in [7, 11) is -1.74. The lowest BCUT2D eigenvalue weighted by Gasteiger charge is -2.29. The predicted octanol–water partition coefficient (Wildman–Crippen LogP) is 3.63. The summed E-state index contributed by atoms with van der Waals surface area (Å²) in [6.45, 7) is 0.616. The predicted molar refractivity (Wildman–Crippen MR) is 79.0 cm³/mol. The number of sulfonamides is 1. The van der Waals surface area contributed by atoms with E-state index in [4.69, 9.17) is 0 Å². The number of rotatable bonds is 4. The normalized spacial score (nSPS) is 16.9. The minimum absolute atomic E-state index is 0.326. The van der Waals surface area contributed by atoms with Crippen LogP contribution in [0.5, 0.6) is 0 Å². The zero-order valence-corrected chi connectivity index (χ0v) is 14.1. The molecule has 1 fully saturated rings. The van der Waals surface area contributed by atoms with Crippen LogP contribution in [-0.4, -0.2) is 26.3 Å². The zero-order chi connectivity index (χ0) is 13.3. The van der Waals surface area contributed by atoms with Crippen molar-refractivity contribution in [1.29, 1.82) is 0 Å². The fourth-order valence-corrected chi connectivity index (χ4v) is 4.94. The van der Waals surface area contributed by atoms with Crippen molar-refractivity contribution in [2.24, 2.45) is 5.92 Å². The van der Waals surface area contributed by atoms with Crippen molar-refractivity contribution in [3.05, 3.63) is 27.1 Å².